The summed E-state index contributed by atoms with van der Waals surface area (Å²) in [5.74, 6) is 1.40. The van der Waals surface area contributed by atoms with Gasteiger partial charge in [-0.15, -0.1) is 0 Å². The zero-order chi connectivity index (χ0) is 14.4. The summed E-state index contributed by atoms with van der Waals surface area (Å²) in [4.78, 5) is 12.6. The van der Waals surface area contributed by atoms with Crippen molar-refractivity contribution >= 4 is 11.8 Å². The van der Waals surface area contributed by atoms with Crippen LogP contribution < -0.4 is 14.8 Å². The van der Waals surface area contributed by atoms with E-state index in [9.17, 15) is 9.90 Å². The van der Waals surface area contributed by atoms with Gasteiger partial charge in [0.2, 0.25) is 6.23 Å². The molecule has 0 radical (unpaired) electrons. The first-order chi connectivity index (χ1) is 10.2. The molecule has 3 atom stereocenters. The van der Waals surface area contributed by atoms with Gasteiger partial charge in [0.1, 0.15) is 24.2 Å². The van der Waals surface area contributed by atoms with Crippen molar-refractivity contribution in [1.82, 2.24) is 4.90 Å². The van der Waals surface area contributed by atoms with Crippen molar-refractivity contribution in [2.75, 3.05) is 25.0 Å². The number of nitrogens with one attached hydrogen (secondary N) is 1. The first kappa shape index (κ1) is 12.6. The minimum atomic E-state index is -0.978. The molecule has 0 aliphatic carbocycles. The molecule has 1 aromatic rings. The smallest absolute Gasteiger partial charge is 0.410 e. The minimum Gasteiger partial charge on any atom is -0.490 e. The number of anilines is 1. The van der Waals surface area contributed by atoms with Crippen LogP contribution in [0.2, 0.25) is 0 Å². The number of benzene rings is 1. The predicted molar refractivity (Wildman–Crippen MR) is 72.9 cm³/mol. The van der Waals surface area contributed by atoms with Crippen molar-refractivity contribution in [3.05, 3.63) is 18.2 Å². The molecule has 7 heteroatoms. The van der Waals surface area contributed by atoms with Crippen LogP contribution in [-0.4, -0.2) is 54.2 Å². The molecule has 3 unspecified atom stereocenters. The van der Waals surface area contributed by atoms with Crippen molar-refractivity contribution < 1.29 is 24.1 Å². The third-order valence-corrected chi connectivity index (χ3v) is 3.99. The number of epoxide rings is 1. The number of carbonyl (C=O) groups is 1. The molecule has 1 amide bonds. The molecule has 0 aromatic heterocycles. The summed E-state index contributed by atoms with van der Waals surface area (Å²) in [6, 6.07) is 5.45. The van der Waals surface area contributed by atoms with E-state index in [2.05, 4.69) is 5.32 Å². The van der Waals surface area contributed by atoms with Gasteiger partial charge in [-0.25, -0.2) is 4.79 Å². The van der Waals surface area contributed by atoms with E-state index in [1.54, 1.807) is 6.07 Å². The predicted octanol–water partition coefficient (Wildman–Crippen LogP) is 1.35. The first-order valence-corrected chi connectivity index (χ1v) is 7.05. The van der Waals surface area contributed by atoms with E-state index in [0.717, 1.165) is 24.4 Å². The highest BCUT2D eigenvalue weighted by Gasteiger charge is 2.53. The van der Waals surface area contributed by atoms with Gasteiger partial charge in [0.15, 0.2) is 0 Å². The lowest BCUT2D eigenvalue weighted by Crippen LogP contribution is -2.50. The van der Waals surface area contributed by atoms with E-state index in [-0.39, 0.29) is 12.2 Å². The van der Waals surface area contributed by atoms with Gasteiger partial charge in [0.25, 0.3) is 0 Å². The molecule has 2 N–H and O–H groups in total. The van der Waals surface area contributed by atoms with Crippen molar-refractivity contribution in [3.8, 4) is 11.5 Å². The van der Waals surface area contributed by atoms with Gasteiger partial charge in [-0.1, -0.05) is 0 Å². The third kappa shape index (κ3) is 2.23. The fraction of sp³-hybridized carbons (Fsp3) is 0.500. The second kappa shape index (κ2) is 4.70. The molecule has 0 saturated carbocycles. The molecular weight excluding hydrogens is 276 g/mol. The molecule has 0 bridgehead atoms. The summed E-state index contributed by atoms with van der Waals surface area (Å²) < 4.78 is 16.9. The zero-order valence-corrected chi connectivity index (χ0v) is 11.3. The Balaban J connectivity index is 1.55. The molecular formula is C14H16N2O5. The number of likely N-dealkylation sites (tertiary alicyclic amines) is 1. The summed E-state index contributed by atoms with van der Waals surface area (Å²) in [7, 11) is 0. The average molecular weight is 292 g/mol. The van der Waals surface area contributed by atoms with E-state index in [4.69, 9.17) is 14.2 Å². The summed E-state index contributed by atoms with van der Waals surface area (Å²) >= 11 is 0. The monoisotopic (exact) mass is 292 g/mol. The largest absolute Gasteiger partial charge is 0.490 e. The number of nitrogens with zero attached hydrogens (tertiary/aromatic N) is 1. The Kier molecular flexibility index (Phi) is 2.81. The highest BCUT2D eigenvalue weighted by molar-refractivity contribution is 5.66. The number of fused-ring (bicyclic) bond motifs is 2. The third-order valence-electron chi connectivity index (χ3n) is 3.99. The number of carboxylic acid groups (broad SMARTS) is 1. The highest BCUT2D eigenvalue weighted by Crippen LogP contribution is 2.38. The summed E-state index contributed by atoms with van der Waals surface area (Å²) in [5.41, 5.74) is 0.865. The maximum Gasteiger partial charge on any atom is 0.410 e. The zero-order valence-electron chi connectivity index (χ0n) is 11.3. The molecule has 3 heterocycles. The van der Waals surface area contributed by atoms with Crippen LogP contribution in [0.3, 0.4) is 0 Å². The Morgan fingerprint density at radius 1 is 1.48 bits per heavy atom. The van der Waals surface area contributed by atoms with Crippen LogP contribution in [0.5, 0.6) is 11.5 Å². The molecule has 2 saturated heterocycles. The van der Waals surface area contributed by atoms with Crippen LogP contribution in [0.1, 0.15) is 6.42 Å². The molecule has 2 fully saturated rings. The summed E-state index contributed by atoms with van der Waals surface area (Å²) in [5, 5.41) is 12.5. The molecule has 1 aromatic carbocycles. The van der Waals surface area contributed by atoms with Gasteiger partial charge in [0, 0.05) is 19.2 Å². The van der Waals surface area contributed by atoms with Crippen LogP contribution in [-0.2, 0) is 4.74 Å². The molecule has 0 spiro atoms. The van der Waals surface area contributed by atoms with Gasteiger partial charge in [0.05, 0.1) is 11.8 Å². The van der Waals surface area contributed by atoms with E-state index in [0.29, 0.717) is 18.9 Å². The second-order valence-electron chi connectivity index (χ2n) is 5.35. The van der Waals surface area contributed by atoms with Gasteiger partial charge >= 0.3 is 6.09 Å². The number of piperidine rings is 1. The molecule has 7 nitrogen and oxygen atoms in total. The van der Waals surface area contributed by atoms with Crippen molar-refractivity contribution in [3.63, 3.8) is 0 Å². The Morgan fingerprint density at radius 2 is 2.38 bits per heavy atom. The summed E-state index contributed by atoms with van der Waals surface area (Å²) in [6.07, 6.45) is -0.854. The van der Waals surface area contributed by atoms with E-state index >= 15 is 0 Å². The topological polar surface area (TPSA) is 83.6 Å². The molecule has 3 aliphatic rings. The number of hydrogen-bond donors (Lipinski definition) is 2. The number of hydrogen-bond acceptors (Lipinski definition) is 5. The Hall–Kier alpha value is -2.15. The van der Waals surface area contributed by atoms with Crippen molar-refractivity contribution in [1.29, 1.82) is 0 Å². The van der Waals surface area contributed by atoms with Crippen LogP contribution in [0.25, 0.3) is 0 Å². The Bertz CT molecular complexity index is 578. The lowest BCUT2D eigenvalue weighted by molar-refractivity contribution is 0.00840. The van der Waals surface area contributed by atoms with Crippen LogP contribution in [0.15, 0.2) is 18.2 Å². The maximum atomic E-state index is 11.3. The fourth-order valence-corrected chi connectivity index (χ4v) is 2.88. The Morgan fingerprint density at radius 3 is 3.24 bits per heavy atom. The van der Waals surface area contributed by atoms with Gasteiger partial charge in [-0.05, 0) is 18.6 Å². The van der Waals surface area contributed by atoms with Crippen molar-refractivity contribution in [2.45, 2.75) is 24.9 Å². The standard InChI is InChI=1S/C14H16N2O5/c17-14(18)16-5-3-11-12(21-11)13(16)20-8-1-2-10-9(7-8)15-4-6-19-10/h1-2,7,11-13,15H,3-6H2,(H,17,18). The highest BCUT2D eigenvalue weighted by atomic mass is 16.6. The van der Waals surface area contributed by atoms with Gasteiger partial charge in [-0.2, -0.15) is 0 Å². The normalized spacial score (nSPS) is 29.5. The number of ether oxygens (including phenoxy) is 3. The van der Waals surface area contributed by atoms with E-state index < -0.39 is 12.3 Å². The van der Waals surface area contributed by atoms with Crippen LogP contribution in [0, 0.1) is 0 Å². The maximum absolute atomic E-state index is 11.3. The van der Waals surface area contributed by atoms with Crippen LogP contribution >= 0.6 is 0 Å². The number of rotatable bonds is 2. The second-order valence-corrected chi connectivity index (χ2v) is 5.35. The SMILES string of the molecule is O=C(O)N1CCC2OC2C1Oc1ccc2c(c1)NCCO2. The molecule has 4 rings (SSSR count). The lowest BCUT2D eigenvalue weighted by Gasteiger charge is -2.31. The van der Waals surface area contributed by atoms with Gasteiger partial charge in [-0.3, -0.25) is 4.90 Å². The first-order valence-electron chi connectivity index (χ1n) is 7.05. The average Bonchev–Trinajstić information content (AvgIpc) is 3.27. The van der Waals surface area contributed by atoms with E-state index in [1.807, 2.05) is 12.1 Å². The van der Waals surface area contributed by atoms with E-state index in [1.165, 1.54) is 4.90 Å². The van der Waals surface area contributed by atoms with Gasteiger partial charge < -0.3 is 24.6 Å². The lowest BCUT2D eigenvalue weighted by atomic mass is 10.1. The van der Waals surface area contributed by atoms with Crippen molar-refractivity contribution in [2.24, 2.45) is 0 Å². The van der Waals surface area contributed by atoms with Crippen LogP contribution in [0.4, 0.5) is 10.5 Å². The quantitative estimate of drug-likeness (QED) is 0.801. The minimum absolute atomic E-state index is 0.129. The molecule has 21 heavy (non-hydrogen) atoms. The summed E-state index contributed by atoms with van der Waals surface area (Å²) in [6.45, 7) is 1.82. The molecule has 3 aliphatic heterocycles. The fourth-order valence-electron chi connectivity index (χ4n) is 2.88. The molecule has 112 valence electrons. The Labute approximate surface area is 121 Å². The number of amides is 1.